The van der Waals surface area contributed by atoms with Gasteiger partial charge in [0.15, 0.2) is 0 Å². The van der Waals surface area contributed by atoms with Crippen LogP contribution in [0, 0.1) is 0 Å². The molecule has 0 unspecified atom stereocenters. The first-order chi connectivity index (χ1) is 8.13. The highest BCUT2D eigenvalue weighted by Gasteiger charge is 2.17. The average molecular weight is 237 g/mol. The summed E-state index contributed by atoms with van der Waals surface area (Å²) in [4.78, 5) is 32.7. The first kappa shape index (κ1) is 12.7. The largest absolute Gasteiger partial charge is 0.462 e. The van der Waals surface area contributed by atoms with E-state index in [-0.39, 0.29) is 6.61 Å². The summed E-state index contributed by atoms with van der Waals surface area (Å²) in [6, 6.07) is 8.92. The third-order valence-electron chi connectivity index (χ3n) is 1.80. The number of carbonyl (C=O) groups is 3. The van der Waals surface area contributed by atoms with Gasteiger partial charge in [0.25, 0.3) is 0 Å². The van der Waals surface area contributed by atoms with E-state index in [2.05, 4.69) is 4.74 Å². The Morgan fingerprint density at radius 1 is 1.18 bits per heavy atom. The molecule has 0 aromatic heterocycles. The molecule has 2 amide bonds. The summed E-state index contributed by atoms with van der Waals surface area (Å²) in [6.45, 7) is 0.0150. The second-order valence-electron chi connectivity index (χ2n) is 3.01. The lowest BCUT2D eigenvalue weighted by molar-refractivity contribution is -0.152. The summed E-state index contributed by atoms with van der Waals surface area (Å²) in [6.07, 6.45) is -0.996. The molecule has 0 fully saturated rings. The Balaban J connectivity index is 2.36. The summed E-state index contributed by atoms with van der Waals surface area (Å²) >= 11 is 0. The molecule has 0 spiro atoms. The number of nitrogens with one attached hydrogen (secondary N) is 1. The van der Waals surface area contributed by atoms with Crippen LogP contribution in [0.3, 0.4) is 0 Å². The molecule has 0 aliphatic heterocycles. The Morgan fingerprint density at radius 3 is 2.41 bits per heavy atom. The maximum atomic E-state index is 11.1. The molecular weight excluding hydrogens is 226 g/mol. The quantitative estimate of drug-likeness (QED) is 0.602. The number of hydrogen-bond donors (Lipinski definition) is 1. The summed E-state index contributed by atoms with van der Waals surface area (Å²) in [5, 5.41) is 1.73. The van der Waals surface area contributed by atoms with Crippen LogP contribution in [0.1, 0.15) is 5.56 Å². The van der Waals surface area contributed by atoms with E-state index in [1.54, 1.807) is 29.6 Å². The summed E-state index contributed by atoms with van der Waals surface area (Å²) < 4.78 is 8.83. The van der Waals surface area contributed by atoms with E-state index >= 15 is 0 Å². The molecule has 90 valence electrons. The van der Waals surface area contributed by atoms with Crippen molar-refractivity contribution >= 4 is 18.0 Å². The van der Waals surface area contributed by atoms with Crippen molar-refractivity contribution in [3.8, 4) is 0 Å². The van der Waals surface area contributed by atoms with Crippen molar-refractivity contribution in [1.82, 2.24) is 5.32 Å². The van der Waals surface area contributed by atoms with E-state index in [9.17, 15) is 14.4 Å². The smallest absolute Gasteiger partial charge is 0.414 e. The van der Waals surface area contributed by atoms with E-state index in [1.165, 1.54) is 0 Å². The van der Waals surface area contributed by atoms with Gasteiger partial charge in [0.05, 0.1) is 7.11 Å². The fourth-order valence-electron chi connectivity index (χ4n) is 0.996. The molecule has 0 saturated heterocycles. The zero-order chi connectivity index (χ0) is 12.7. The van der Waals surface area contributed by atoms with Crippen LogP contribution < -0.4 is 5.32 Å². The third kappa shape index (κ3) is 4.33. The second-order valence-corrected chi connectivity index (χ2v) is 3.01. The Kier molecular flexibility index (Phi) is 4.68. The molecule has 1 aromatic carbocycles. The van der Waals surface area contributed by atoms with Crippen molar-refractivity contribution in [2.45, 2.75) is 6.61 Å². The van der Waals surface area contributed by atoms with E-state index in [4.69, 9.17) is 4.74 Å². The first-order valence-corrected chi connectivity index (χ1v) is 4.73. The van der Waals surface area contributed by atoms with Crippen molar-refractivity contribution in [1.29, 1.82) is 0 Å². The highest BCUT2D eigenvalue weighted by atomic mass is 16.6. The Morgan fingerprint density at radius 2 is 1.82 bits per heavy atom. The molecule has 6 heteroatoms. The highest BCUT2D eigenvalue weighted by Crippen LogP contribution is 2.00. The molecule has 1 rings (SSSR count). The lowest BCUT2D eigenvalue weighted by atomic mass is 10.2. The second kappa shape index (κ2) is 6.26. The molecule has 0 atom stereocenters. The van der Waals surface area contributed by atoms with Gasteiger partial charge in [-0.05, 0) is 5.56 Å². The molecule has 0 saturated carbocycles. The number of esters is 1. The fourth-order valence-corrected chi connectivity index (χ4v) is 0.996. The number of methoxy groups -OCH3 is 1. The summed E-state index contributed by atoms with van der Waals surface area (Å²) in [7, 11) is 1.04. The number of alkyl carbamates (subject to hydrolysis) is 1. The number of imide groups is 1. The zero-order valence-electron chi connectivity index (χ0n) is 9.14. The van der Waals surface area contributed by atoms with Crippen LogP contribution >= 0.6 is 0 Å². The standard InChI is InChI=1S/C11H11NO5/c1-16-10(14)9(13)12-11(15)17-7-8-5-3-2-4-6-8/h2-6H,7H2,1H3,(H,12,13,15). The van der Waals surface area contributed by atoms with Crippen molar-refractivity contribution in [2.75, 3.05) is 7.11 Å². The predicted molar refractivity (Wildman–Crippen MR) is 56.8 cm³/mol. The molecular formula is C11H11NO5. The van der Waals surface area contributed by atoms with E-state index in [0.29, 0.717) is 0 Å². The lowest BCUT2D eigenvalue weighted by Gasteiger charge is -2.04. The molecule has 0 bridgehead atoms. The minimum Gasteiger partial charge on any atom is -0.462 e. The summed E-state index contributed by atoms with van der Waals surface area (Å²) in [5.41, 5.74) is 0.771. The molecule has 17 heavy (non-hydrogen) atoms. The van der Waals surface area contributed by atoms with Crippen LogP contribution in [0.2, 0.25) is 0 Å². The van der Waals surface area contributed by atoms with Crippen LogP contribution in [0.15, 0.2) is 30.3 Å². The number of ether oxygens (including phenoxy) is 2. The third-order valence-corrected chi connectivity index (χ3v) is 1.80. The van der Waals surface area contributed by atoms with Gasteiger partial charge in [-0.1, -0.05) is 30.3 Å². The van der Waals surface area contributed by atoms with Crippen LogP contribution in [0.25, 0.3) is 0 Å². The van der Waals surface area contributed by atoms with Crippen LogP contribution in [-0.4, -0.2) is 25.1 Å². The summed E-state index contributed by atoms with van der Waals surface area (Å²) in [5.74, 6) is -2.31. The van der Waals surface area contributed by atoms with Crippen LogP contribution in [0.5, 0.6) is 0 Å². The van der Waals surface area contributed by atoms with E-state index in [0.717, 1.165) is 12.7 Å². The van der Waals surface area contributed by atoms with Crippen molar-refractivity contribution in [3.05, 3.63) is 35.9 Å². The Bertz CT molecular complexity index is 415. The molecule has 0 aliphatic carbocycles. The molecule has 1 aromatic rings. The van der Waals surface area contributed by atoms with Gasteiger partial charge in [-0.15, -0.1) is 0 Å². The fraction of sp³-hybridized carbons (Fsp3) is 0.182. The average Bonchev–Trinajstić information content (AvgIpc) is 2.36. The van der Waals surface area contributed by atoms with Gasteiger partial charge in [-0.2, -0.15) is 0 Å². The van der Waals surface area contributed by atoms with Gasteiger partial charge in [-0.25, -0.2) is 9.59 Å². The maximum Gasteiger partial charge on any atom is 0.414 e. The zero-order valence-corrected chi connectivity index (χ0v) is 9.14. The molecule has 6 nitrogen and oxygen atoms in total. The monoisotopic (exact) mass is 237 g/mol. The topological polar surface area (TPSA) is 81.7 Å². The van der Waals surface area contributed by atoms with Gasteiger partial charge in [-0.3, -0.25) is 10.1 Å². The molecule has 0 radical (unpaired) electrons. The molecule has 0 heterocycles. The van der Waals surface area contributed by atoms with Crippen LogP contribution in [0.4, 0.5) is 4.79 Å². The first-order valence-electron chi connectivity index (χ1n) is 4.73. The minimum atomic E-state index is -1.16. The van der Waals surface area contributed by atoms with Crippen molar-refractivity contribution in [3.63, 3.8) is 0 Å². The maximum absolute atomic E-state index is 11.1. The SMILES string of the molecule is COC(=O)C(=O)NC(=O)OCc1ccccc1. The van der Waals surface area contributed by atoms with E-state index < -0.39 is 18.0 Å². The Hall–Kier alpha value is -2.37. The van der Waals surface area contributed by atoms with Crippen LogP contribution in [-0.2, 0) is 25.7 Å². The number of benzene rings is 1. The van der Waals surface area contributed by atoms with Gasteiger partial charge >= 0.3 is 18.0 Å². The van der Waals surface area contributed by atoms with Gasteiger partial charge in [0.1, 0.15) is 6.61 Å². The number of hydrogen-bond acceptors (Lipinski definition) is 5. The molecule has 0 aliphatic rings. The van der Waals surface area contributed by atoms with Gasteiger partial charge < -0.3 is 9.47 Å². The number of carbonyl (C=O) groups excluding carboxylic acids is 3. The van der Waals surface area contributed by atoms with Crippen molar-refractivity contribution < 1.29 is 23.9 Å². The predicted octanol–water partition coefficient (Wildman–Crippen LogP) is 0.612. The lowest BCUT2D eigenvalue weighted by Crippen LogP contribution is -2.36. The minimum absolute atomic E-state index is 0.0150. The van der Waals surface area contributed by atoms with Gasteiger partial charge in [0.2, 0.25) is 0 Å². The van der Waals surface area contributed by atoms with E-state index in [1.807, 2.05) is 6.07 Å². The normalized spacial score (nSPS) is 9.24. The molecule has 1 N–H and O–H groups in total. The highest BCUT2D eigenvalue weighted by molar-refractivity contribution is 6.35. The van der Waals surface area contributed by atoms with Crippen molar-refractivity contribution in [2.24, 2.45) is 0 Å². The number of amides is 2. The number of rotatable bonds is 2. The van der Waals surface area contributed by atoms with Gasteiger partial charge in [0, 0.05) is 0 Å². The Labute approximate surface area is 97.5 Å².